The summed E-state index contributed by atoms with van der Waals surface area (Å²) in [6, 6.07) is 6.64. The molecule has 1 aliphatic rings. The van der Waals surface area contributed by atoms with Crippen molar-refractivity contribution in [2.45, 2.75) is 25.8 Å². The first-order valence-corrected chi connectivity index (χ1v) is 7.26. The van der Waals surface area contributed by atoms with Gasteiger partial charge in [-0.2, -0.15) is 0 Å². The van der Waals surface area contributed by atoms with E-state index in [0.29, 0.717) is 23.0 Å². The van der Waals surface area contributed by atoms with Crippen molar-refractivity contribution in [3.63, 3.8) is 0 Å². The molecule has 1 aromatic carbocycles. The maximum absolute atomic E-state index is 12.0. The molecule has 6 heteroatoms. The third kappa shape index (κ3) is 2.61. The summed E-state index contributed by atoms with van der Waals surface area (Å²) in [5.74, 6) is 0.0876. The summed E-state index contributed by atoms with van der Waals surface area (Å²) in [6.45, 7) is 0.426. The number of nitrogens with one attached hydrogen (secondary N) is 1. The van der Waals surface area contributed by atoms with E-state index in [1.807, 2.05) is 0 Å². The predicted molar refractivity (Wildman–Crippen MR) is 80.8 cm³/mol. The van der Waals surface area contributed by atoms with Crippen LogP contribution < -0.4 is 11.2 Å². The molecule has 1 saturated carbocycles. The van der Waals surface area contributed by atoms with E-state index in [4.69, 9.17) is 11.6 Å². The third-order valence-electron chi connectivity index (χ3n) is 3.95. The minimum Gasteiger partial charge on any atom is -0.494 e. The van der Waals surface area contributed by atoms with Crippen LogP contribution in [0.5, 0.6) is 5.88 Å². The molecule has 0 radical (unpaired) electrons. The van der Waals surface area contributed by atoms with Gasteiger partial charge in [-0.25, -0.2) is 4.79 Å². The van der Waals surface area contributed by atoms with Crippen LogP contribution >= 0.6 is 11.6 Å². The second kappa shape index (κ2) is 5.41. The lowest BCUT2D eigenvalue weighted by Crippen LogP contribution is -2.34. The SMILES string of the molecule is O=c1[nH]c(=O)n(CC2CCC2)c(O)c1-c1cccc(Cl)c1. The number of aromatic nitrogens is 2. The second-order valence-electron chi connectivity index (χ2n) is 5.38. The first kappa shape index (κ1) is 13.9. The molecule has 3 rings (SSSR count). The molecule has 5 nitrogen and oxygen atoms in total. The Morgan fingerprint density at radius 1 is 1.33 bits per heavy atom. The minimum atomic E-state index is -0.607. The molecular weight excluding hydrogens is 292 g/mol. The van der Waals surface area contributed by atoms with Gasteiger partial charge >= 0.3 is 5.69 Å². The summed E-state index contributed by atoms with van der Waals surface area (Å²) >= 11 is 5.92. The number of halogens is 1. The molecule has 0 unspecified atom stereocenters. The normalized spacial score (nSPS) is 14.9. The number of aromatic hydroxyl groups is 1. The van der Waals surface area contributed by atoms with Crippen molar-refractivity contribution in [1.29, 1.82) is 0 Å². The zero-order chi connectivity index (χ0) is 15.0. The van der Waals surface area contributed by atoms with Crippen molar-refractivity contribution < 1.29 is 5.11 Å². The lowest BCUT2D eigenvalue weighted by molar-refractivity contribution is 0.257. The second-order valence-corrected chi connectivity index (χ2v) is 5.81. The van der Waals surface area contributed by atoms with E-state index < -0.39 is 11.2 Å². The van der Waals surface area contributed by atoms with Crippen LogP contribution in [-0.2, 0) is 6.54 Å². The van der Waals surface area contributed by atoms with Gasteiger partial charge in [0, 0.05) is 11.6 Å². The molecule has 0 aliphatic heterocycles. The van der Waals surface area contributed by atoms with E-state index in [1.54, 1.807) is 24.3 Å². The fraction of sp³-hybridized carbons (Fsp3) is 0.333. The van der Waals surface area contributed by atoms with Crippen LogP contribution in [0, 0.1) is 5.92 Å². The predicted octanol–water partition coefficient (Wildman–Crippen LogP) is 2.36. The molecule has 110 valence electrons. The molecule has 1 aliphatic carbocycles. The highest BCUT2D eigenvalue weighted by Crippen LogP contribution is 2.31. The summed E-state index contributed by atoms with van der Waals surface area (Å²) < 4.78 is 1.24. The molecule has 1 fully saturated rings. The first-order valence-electron chi connectivity index (χ1n) is 6.88. The van der Waals surface area contributed by atoms with Gasteiger partial charge in [0.25, 0.3) is 5.56 Å². The van der Waals surface area contributed by atoms with Crippen molar-refractivity contribution >= 4 is 11.6 Å². The Hall–Kier alpha value is -2.01. The van der Waals surface area contributed by atoms with Crippen LogP contribution in [-0.4, -0.2) is 14.7 Å². The maximum atomic E-state index is 12.0. The Balaban J connectivity index is 2.13. The van der Waals surface area contributed by atoms with Crippen LogP contribution in [0.25, 0.3) is 11.1 Å². The maximum Gasteiger partial charge on any atom is 0.331 e. The van der Waals surface area contributed by atoms with E-state index in [2.05, 4.69) is 4.98 Å². The highest BCUT2D eigenvalue weighted by atomic mass is 35.5. The fourth-order valence-electron chi connectivity index (χ4n) is 2.57. The fourth-order valence-corrected chi connectivity index (χ4v) is 2.76. The summed E-state index contributed by atoms with van der Waals surface area (Å²) in [5, 5.41) is 10.8. The van der Waals surface area contributed by atoms with Crippen molar-refractivity contribution in [2.75, 3.05) is 0 Å². The highest BCUT2D eigenvalue weighted by molar-refractivity contribution is 6.30. The van der Waals surface area contributed by atoms with E-state index in [-0.39, 0.29) is 11.4 Å². The Kier molecular flexibility index (Phi) is 3.59. The summed E-state index contributed by atoms with van der Waals surface area (Å²) in [4.78, 5) is 26.2. The van der Waals surface area contributed by atoms with Gasteiger partial charge in [0.05, 0.1) is 0 Å². The average molecular weight is 307 g/mol. The summed E-state index contributed by atoms with van der Waals surface area (Å²) in [7, 11) is 0. The molecule has 0 saturated heterocycles. The van der Waals surface area contributed by atoms with Gasteiger partial charge in [-0.15, -0.1) is 0 Å². The van der Waals surface area contributed by atoms with Crippen LogP contribution in [0.1, 0.15) is 19.3 Å². The van der Waals surface area contributed by atoms with Crippen molar-refractivity contribution in [3.05, 3.63) is 50.1 Å². The number of nitrogens with zero attached hydrogens (tertiary/aromatic N) is 1. The van der Waals surface area contributed by atoms with Crippen LogP contribution in [0.15, 0.2) is 33.9 Å². The highest BCUT2D eigenvalue weighted by Gasteiger charge is 2.22. The van der Waals surface area contributed by atoms with Gasteiger partial charge < -0.3 is 5.11 Å². The molecule has 2 aromatic rings. The number of aromatic amines is 1. The molecule has 1 heterocycles. The molecule has 1 aromatic heterocycles. The van der Waals surface area contributed by atoms with Gasteiger partial charge in [-0.1, -0.05) is 30.2 Å². The van der Waals surface area contributed by atoms with Crippen molar-refractivity contribution in [1.82, 2.24) is 9.55 Å². The van der Waals surface area contributed by atoms with E-state index in [9.17, 15) is 14.7 Å². The Bertz CT molecular complexity index is 790. The minimum absolute atomic E-state index is 0.0800. The van der Waals surface area contributed by atoms with Gasteiger partial charge in [-0.3, -0.25) is 14.3 Å². The standard InChI is InChI=1S/C15H15ClN2O3/c16-11-6-2-5-10(7-11)12-13(19)17-15(21)18(14(12)20)8-9-3-1-4-9/h2,5-7,9,20H,1,3-4,8H2,(H,17,19,21). The van der Waals surface area contributed by atoms with Crippen LogP contribution in [0.2, 0.25) is 5.02 Å². The van der Waals surface area contributed by atoms with Crippen LogP contribution in [0.3, 0.4) is 0 Å². The quantitative estimate of drug-likeness (QED) is 0.914. The third-order valence-corrected chi connectivity index (χ3v) is 4.19. The number of benzene rings is 1. The van der Waals surface area contributed by atoms with Gasteiger partial charge in [0.2, 0.25) is 5.88 Å². The Morgan fingerprint density at radius 3 is 2.71 bits per heavy atom. The Labute approximate surface area is 125 Å². The van der Waals surface area contributed by atoms with Crippen molar-refractivity contribution in [2.24, 2.45) is 5.92 Å². The van der Waals surface area contributed by atoms with Gasteiger partial charge in [0.1, 0.15) is 5.56 Å². The largest absolute Gasteiger partial charge is 0.494 e. The molecule has 21 heavy (non-hydrogen) atoms. The van der Waals surface area contributed by atoms with Gasteiger partial charge in [0.15, 0.2) is 0 Å². The number of H-pyrrole nitrogens is 1. The van der Waals surface area contributed by atoms with Gasteiger partial charge in [-0.05, 0) is 36.5 Å². The average Bonchev–Trinajstić information content (AvgIpc) is 2.36. The zero-order valence-corrected chi connectivity index (χ0v) is 12.1. The molecule has 0 amide bonds. The van der Waals surface area contributed by atoms with Crippen LogP contribution in [0.4, 0.5) is 0 Å². The zero-order valence-electron chi connectivity index (χ0n) is 11.3. The smallest absolute Gasteiger partial charge is 0.331 e. The molecular formula is C15H15ClN2O3. The lowest BCUT2D eigenvalue weighted by Gasteiger charge is -2.26. The molecule has 0 spiro atoms. The number of hydrogen-bond donors (Lipinski definition) is 2. The molecule has 0 bridgehead atoms. The van der Waals surface area contributed by atoms with E-state index in [1.165, 1.54) is 4.57 Å². The topological polar surface area (TPSA) is 75.1 Å². The number of hydrogen-bond acceptors (Lipinski definition) is 3. The van der Waals surface area contributed by atoms with E-state index >= 15 is 0 Å². The molecule has 0 atom stereocenters. The lowest BCUT2D eigenvalue weighted by atomic mass is 9.85. The summed E-state index contributed by atoms with van der Waals surface area (Å²) in [6.07, 6.45) is 3.22. The Morgan fingerprint density at radius 2 is 2.10 bits per heavy atom. The van der Waals surface area contributed by atoms with E-state index in [0.717, 1.165) is 19.3 Å². The monoisotopic (exact) mass is 306 g/mol. The van der Waals surface area contributed by atoms with Crippen molar-refractivity contribution in [3.8, 4) is 17.0 Å². The molecule has 2 N–H and O–H groups in total. The summed E-state index contributed by atoms with van der Waals surface area (Å²) in [5.41, 5.74) is -0.611. The first-order chi connectivity index (χ1) is 10.1. The number of rotatable bonds is 3.